The van der Waals surface area contributed by atoms with Gasteiger partial charge in [-0.25, -0.2) is 9.59 Å². The molecule has 1 aromatic carbocycles. The van der Waals surface area contributed by atoms with Gasteiger partial charge in [0.2, 0.25) is 0 Å². The van der Waals surface area contributed by atoms with E-state index in [0.29, 0.717) is 5.75 Å². The third kappa shape index (κ3) is 6.71. The van der Waals surface area contributed by atoms with Crippen LogP contribution in [0.5, 0.6) is 5.75 Å². The second-order valence-electron chi connectivity index (χ2n) is 5.52. The van der Waals surface area contributed by atoms with Crippen LogP contribution in [0.3, 0.4) is 0 Å². The molecular weight excluding hydrogens is 306 g/mol. The van der Waals surface area contributed by atoms with Crippen LogP contribution in [-0.2, 0) is 15.3 Å². The maximum Gasteiger partial charge on any atom is 0.409 e. The zero-order chi connectivity index (χ0) is 16.8. The molecule has 0 aliphatic rings. The zero-order valence-corrected chi connectivity index (χ0v) is 13.9. The van der Waals surface area contributed by atoms with Crippen molar-refractivity contribution < 1.29 is 24.2 Å². The standard InChI is InChI=1S/C15H21NO5S/c1-15(2,3)21-14(19)16-12(13(17)18)22-9-10-5-7-11(20-4)8-6-10/h5-8,12H,9H2,1-4H3,(H,16,19)(H,17,18)/t12-/m0/s1. The number of ether oxygens (including phenoxy) is 2. The summed E-state index contributed by atoms with van der Waals surface area (Å²) in [6, 6.07) is 7.29. The van der Waals surface area contributed by atoms with Gasteiger partial charge in [0, 0.05) is 5.75 Å². The fraction of sp³-hybridized carbons (Fsp3) is 0.467. The average molecular weight is 327 g/mol. The average Bonchev–Trinajstić information content (AvgIpc) is 2.41. The summed E-state index contributed by atoms with van der Waals surface area (Å²) < 4.78 is 10.1. The molecule has 0 heterocycles. The van der Waals surface area contributed by atoms with Crippen LogP contribution in [0.15, 0.2) is 24.3 Å². The smallest absolute Gasteiger partial charge is 0.409 e. The number of carbonyl (C=O) groups excluding carboxylic acids is 1. The predicted molar refractivity (Wildman–Crippen MR) is 85.1 cm³/mol. The molecule has 0 saturated carbocycles. The number of aliphatic carboxylic acids is 1. The normalized spacial score (nSPS) is 12.4. The van der Waals surface area contributed by atoms with Crippen LogP contribution in [0.4, 0.5) is 4.79 Å². The lowest BCUT2D eigenvalue weighted by Crippen LogP contribution is -2.41. The second-order valence-corrected chi connectivity index (χ2v) is 6.62. The van der Waals surface area contributed by atoms with Crippen LogP contribution < -0.4 is 10.1 Å². The van der Waals surface area contributed by atoms with Crippen LogP contribution in [0, 0.1) is 0 Å². The number of nitrogens with one attached hydrogen (secondary N) is 1. The van der Waals surface area contributed by atoms with Crippen molar-refractivity contribution in [2.24, 2.45) is 0 Å². The fourth-order valence-corrected chi connectivity index (χ4v) is 2.36. The number of alkyl carbamates (subject to hydrolysis) is 1. The number of methoxy groups -OCH3 is 1. The number of carbonyl (C=O) groups is 2. The molecule has 0 fully saturated rings. The van der Waals surface area contributed by atoms with E-state index >= 15 is 0 Å². The van der Waals surface area contributed by atoms with Gasteiger partial charge in [0.1, 0.15) is 11.4 Å². The van der Waals surface area contributed by atoms with Crippen molar-refractivity contribution in [2.45, 2.75) is 37.5 Å². The first-order chi connectivity index (χ1) is 10.2. The lowest BCUT2D eigenvalue weighted by Gasteiger charge is -2.21. The Hall–Kier alpha value is -1.89. The Morgan fingerprint density at radius 3 is 2.32 bits per heavy atom. The Morgan fingerprint density at radius 1 is 1.27 bits per heavy atom. The fourth-order valence-electron chi connectivity index (χ4n) is 1.49. The molecule has 122 valence electrons. The van der Waals surface area contributed by atoms with E-state index in [1.807, 2.05) is 12.1 Å². The summed E-state index contributed by atoms with van der Waals surface area (Å²) in [4.78, 5) is 22.9. The Bertz CT molecular complexity index is 510. The van der Waals surface area contributed by atoms with Crippen molar-refractivity contribution in [3.63, 3.8) is 0 Å². The first-order valence-corrected chi connectivity index (χ1v) is 7.73. The molecular formula is C15H21NO5S. The molecule has 0 aromatic heterocycles. The lowest BCUT2D eigenvalue weighted by molar-refractivity contribution is -0.137. The Balaban J connectivity index is 2.57. The second kappa shape index (κ2) is 7.93. The van der Waals surface area contributed by atoms with E-state index < -0.39 is 23.0 Å². The van der Waals surface area contributed by atoms with E-state index in [1.165, 1.54) is 0 Å². The van der Waals surface area contributed by atoms with Gasteiger partial charge in [-0.3, -0.25) is 5.32 Å². The molecule has 1 rings (SSSR count). The highest BCUT2D eigenvalue weighted by Gasteiger charge is 2.24. The van der Waals surface area contributed by atoms with Gasteiger partial charge in [-0.15, -0.1) is 11.8 Å². The van der Waals surface area contributed by atoms with E-state index in [2.05, 4.69) is 5.32 Å². The van der Waals surface area contributed by atoms with E-state index in [1.54, 1.807) is 40.0 Å². The summed E-state index contributed by atoms with van der Waals surface area (Å²) in [6.07, 6.45) is -0.748. The molecule has 0 unspecified atom stereocenters. The first kappa shape index (κ1) is 18.2. The SMILES string of the molecule is COc1ccc(CS[C@H](NC(=O)OC(C)(C)C)C(=O)O)cc1. The summed E-state index contributed by atoms with van der Waals surface area (Å²) in [5, 5.41) is 10.4. The minimum absolute atomic E-state index is 0.441. The van der Waals surface area contributed by atoms with Gasteiger partial charge < -0.3 is 14.6 Å². The molecule has 7 heteroatoms. The van der Waals surface area contributed by atoms with Crippen molar-refractivity contribution in [2.75, 3.05) is 7.11 Å². The van der Waals surface area contributed by atoms with Gasteiger partial charge in [0.25, 0.3) is 0 Å². The van der Waals surface area contributed by atoms with Crippen LogP contribution in [0.1, 0.15) is 26.3 Å². The topological polar surface area (TPSA) is 84.9 Å². The van der Waals surface area contributed by atoms with Crippen LogP contribution in [0.25, 0.3) is 0 Å². The van der Waals surface area contributed by atoms with Crippen LogP contribution in [0.2, 0.25) is 0 Å². The van der Waals surface area contributed by atoms with Gasteiger partial charge in [0.05, 0.1) is 7.11 Å². The van der Waals surface area contributed by atoms with Gasteiger partial charge in [-0.05, 0) is 38.5 Å². The number of hydrogen-bond acceptors (Lipinski definition) is 5. The Morgan fingerprint density at radius 2 is 1.86 bits per heavy atom. The highest BCUT2D eigenvalue weighted by atomic mass is 32.2. The number of carboxylic acid groups (broad SMARTS) is 1. The van der Waals surface area contributed by atoms with Crippen molar-refractivity contribution in [3.8, 4) is 5.75 Å². The Kier molecular flexibility index (Phi) is 6.55. The summed E-state index contributed by atoms with van der Waals surface area (Å²) >= 11 is 1.10. The van der Waals surface area contributed by atoms with E-state index in [-0.39, 0.29) is 0 Å². The van der Waals surface area contributed by atoms with Gasteiger partial charge in [-0.2, -0.15) is 0 Å². The zero-order valence-electron chi connectivity index (χ0n) is 13.1. The van der Waals surface area contributed by atoms with E-state index in [0.717, 1.165) is 23.1 Å². The highest BCUT2D eigenvalue weighted by Crippen LogP contribution is 2.19. The van der Waals surface area contributed by atoms with Crippen LogP contribution >= 0.6 is 11.8 Å². The quantitative estimate of drug-likeness (QED) is 0.782. The van der Waals surface area contributed by atoms with Crippen molar-refractivity contribution in [1.29, 1.82) is 0 Å². The monoisotopic (exact) mass is 327 g/mol. The van der Waals surface area contributed by atoms with Crippen molar-refractivity contribution >= 4 is 23.8 Å². The molecule has 0 spiro atoms. The molecule has 0 radical (unpaired) electrons. The lowest BCUT2D eigenvalue weighted by atomic mass is 10.2. The minimum atomic E-state index is -1.12. The molecule has 1 atom stereocenters. The largest absolute Gasteiger partial charge is 0.497 e. The summed E-state index contributed by atoms with van der Waals surface area (Å²) in [5.74, 6) is 0.0521. The Labute approximate surface area is 134 Å². The number of thioether (sulfide) groups is 1. The molecule has 1 amide bonds. The molecule has 0 saturated heterocycles. The highest BCUT2D eigenvalue weighted by molar-refractivity contribution is 7.99. The van der Waals surface area contributed by atoms with Crippen molar-refractivity contribution in [3.05, 3.63) is 29.8 Å². The number of amides is 1. The molecule has 0 bridgehead atoms. The van der Waals surface area contributed by atoms with E-state index in [9.17, 15) is 9.59 Å². The molecule has 0 aliphatic heterocycles. The van der Waals surface area contributed by atoms with Gasteiger partial charge >= 0.3 is 12.1 Å². The van der Waals surface area contributed by atoms with Gasteiger partial charge in [0.15, 0.2) is 5.37 Å². The molecule has 0 aliphatic carbocycles. The summed E-state index contributed by atoms with van der Waals surface area (Å²) in [6.45, 7) is 5.15. The number of carboxylic acids is 1. The molecule has 22 heavy (non-hydrogen) atoms. The predicted octanol–water partition coefficient (Wildman–Crippen LogP) is 2.86. The van der Waals surface area contributed by atoms with Crippen LogP contribution in [-0.4, -0.2) is 35.3 Å². The maximum absolute atomic E-state index is 11.6. The number of rotatable bonds is 6. The van der Waals surface area contributed by atoms with E-state index in [4.69, 9.17) is 14.6 Å². The third-order valence-electron chi connectivity index (χ3n) is 2.45. The summed E-state index contributed by atoms with van der Waals surface area (Å²) in [7, 11) is 1.58. The molecule has 2 N–H and O–H groups in total. The maximum atomic E-state index is 11.6. The summed E-state index contributed by atoms with van der Waals surface area (Å²) in [5.41, 5.74) is 0.261. The third-order valence-corrected chi connectivity index (χ3v) is 3.60. The first-order valence-electron chi connectivity index (χ1n) is 6.68. The molecule has 6 nitrogen and oxygen atoms in total. The number of hydrogen-bond donors (Lipinski definition) is 2. The van der Waals surface area contributed by atoms with Gasteiger partial charge in [-0.1, -0.05) is 12.1 Å². The minimum Gasteiger partial charge on any atom is -0.497 e. The van der Waals surface area contributed by atoms with Crippen molar-refractivity contribution in [1.82, 2.24) is 5.32 Å². The molecule has 1 aromatic rings. The number of benzene rings is 1.